The van der Waals surface area contributed by atoms with E-state index in [4.69, 9.17) is 11.6 Å². The van der Waals surface area contributed by atoms with Gasteiger partial charge < -0.3 is 10.6 Å². The highest BCUT2D eigenvalue weighted by molar-refractivity contribution is 6.35. The first-order chi connectivity index (χ1) is 20.4. The van der Waals surface area contributed by atoms with Crippen LogP contribution in [0, 0.1) is 16.7 Å². The van der Waals surface area contributed by atoms with Crippen molar-refractivity contribution in [1.29, 1.82) is 5.26 Å². The van der Waals surface area contributed by atoms with Crippen LogP contribution in [0.2, 0.25) is 5.02 Å². The van der Waals surface area contributed by atoms with E-state index in [1.165, 1.54) is 12.4 Å². The van der Waals surface area contributed by atoms with Gasteiger partial charge in [-0.15, -0.1) is 5.10 Å². The third kappa shape index (κ3) is 5.43. The van der Waals surface area contributed by atoms with Crippen molar-refractivity contribution in [3.8, 4) is 6.07 Å². The van der Waals surface area contributed by atoms with Crippen LogP contribution in [0.25, 0.3) is 21.8 Å². The quantitative estimate of drug-likeness (QED) is 0.197. The van der Waals surface area contributed by atoms with Gasteiger partial charge in [0.2, 0.25) is 0 Å². The second kappa shape index (κ2) is 10.4. The highest BCUT2D eigenvalue weighted by Crippen LogP contribution is 2.55. The maximum absolute atomic E-state index is 13.9. The van der Waals surface area contributed by atoms with Crippen molar-refractivity contribution in [2.45, 2.75) is 51.4 Å². The molecule has 0 amide bonds. The molecule has 1 aliphatic rings. The Labute approximate surface area is 250 Å². The second-order valence-electron chi connectivity index (χ2n) is 12.1. The van der Waals surface area contributed by atoms with E-state index in [0.717, 1.165) is 21.1 Å². The lowest BCUT2D eigenvalue weighted by Crippen LogP contribution is -2.35. The summed E-state index contributed by atoms with van der Waals surface area (Å²) in [5.41, 5.74) is 1.69. The fraction of sp³-hybridized carbons (Fsp3) is 0.323. The van der Waals surface area contributed by atoms with Gasteiger partial charge in [0, 0.05) is 35.4 Å². The number of benzene rings is 2. The van der Waals surface area contributed by atoms with Crippen LogP contribution in [0.5, 0.6) is 0 Å². The number of hydrogen-bond donors (Lipinski definition) is 2. The van der Waals surface area contributed by atoms with Crippen molar-refractivity contribution in [3.05, 3.63) is 82.9 Å². The number of aromatic nitrogens is 5. The molecular weight excluding hydrogens is 577 g/mol. The summed E-state index contributed by atoms with van der Waals surface area (Å²) < 4.78 is 42.6. The van der Waals surface area contributed by atoms with Crippen LogP contribution in [0.3, 0.4) is 0 Å². The highest BCUT2D eigenvalue weighted by Gasteiger charge is 2.66. The summed E-state index contributed by atoms with van der Waals surface area (Å²) in [6, 6.07) is 14.4. The first kappa shape index (κ1) is 28.7. The molecule has 6 rings (SSSR count). The third-order valence-electron chi connectivity index (χ3n) is 7.61. The molecule has 43 heavy (non-hydrogen) atoms. The molecule has 0 spiro atoms. The Morgan fingerprint density at radius 1 is 1.12 bits per heavy atom. The van der Waals surface area contributed by atoms with Gasteiger partial charge in [-0.1, -0.05) is 55.8 Å². The minimum absolute atomic E-state index is 0.0455. The maximum Gasteiger partial charge on any atom is 0.413 e. The predicted octanol–water partition coefficient (Wildman–Crippen LogP) is 7.61. The van der Waals surface area contributed by atoms with E-state index in [1.807, 2.05) is 36.4 Å². The van der Waals surface area contributed by atoms with E-state index >= 15 is 0 Å². The SMILES string of the molecule is CC(C)(C)CNc1c(C#N)cnc2c(Cl)cc(NC(c3ccc4cccnc4c3)c3cn(C4(C(F)(F)F)CC4)nn3)cc12. The molecule has 1 unspecified atom stereocenters. The van der Waals surface area contributed by atoms with Crippen LogP contribution in [-0.2, 0) is 5.54 Å². The number of halogens is 4. The number of rotatable bonds is 7. The van der Waals surface area contributed by atoms with Crippen molar-refractivity contribution >= 4 is 44.8 Å². The minimum Gasteiger partial charge on any atom is -0.383 e. The van der Waals surface area contributed by atoms with Crippen LogP contribution < -0.4 is 10.6 Å². The van der Waals surface area contributed by atoms with E-state index in [0.29, 0.717) is 45.1 Å². The molecule has 3 aromatic heterocycles. The van der Waals surface area contributed by atoms with E-state index in [9.17, 15) is 18.4 Å². The number of fused-ring (bicyclic) bond motifs is 2. The Balaban J connectivity index is 1.46. The zero-order chi connectivity index (χ0) is 30.6. The summed E-state index contributed by atoms with van der Waals surface area (Å²) in [7, 11) is 0. The summed E-state index contributed by atoms with van der Waals surface area (Å²) in [4.78, 5) is 8.88. The van der Waals surface area contributed by atoms with Crippen molar-refractivity contribution in [1.82, 2.24) is 25.0 Å². The molecule has 12 heteroatoms. The average molecular weight is 605 g/mol. The lowest BCUT2D eigenvalue weighted by Gasteiger charge is -2.22. The predicted molar refractivity (Wildman–Crippen MR) is 160 cm³/mol. The summed E-state index contributed by atoms with van der Waals surface area (Å²) in [5, 5.41) is 26.7. The molecule has 0 saturated heterocycles. The molecule has 220 valence electrons. The van der Waals surface area contributed by atoms with Gasteiger partial charge in [-0.05, 0) is 48.1 Å². The van der Waals surface area contributed by atoms with Gasteiger partial charge in [-0.3, -0.25) is 9.97 Å². The molecule has 2 N–H and O–H groups in total. The summed E-state index contributed by atoms with van der Waals surface area (Å²) in [6.45, 7) is 6.83. The monoisotopic (exact) mass is 604 g/mol. The number of nitriles is 1. The van der Waals surface area contributed by atoms with Crippen LogP contribution >= 0.6 is 11.6 Å². The zero-order valence-electron chi connectivity index (χ0n) is 23.7. The number of nitrogens with zero attached hydrogens (tertiary/aromatic N) is 6. The molecule has 2 aromatic carbocycles. The molecule has 1 saturated carbocycles. The van der Waals surface area contributed by atoms with Gasteiger partial charge in [0.15, 0.2) is 5.54 Å². The van der Waals surface area contributed by atoms with E-state index in [2.05, 4.69) is 57.8 Å². The topological polar surface area (TPSA) is 104 Å². The van der Waals surface area contributed by atoms with Crippen LogP contribution in [0.1, 0.15) is 56.5 Å². The van der Waals surface area contributed by atoms with Gasteiger partial charge >= 0.3 is 6.18 Å². The van der Waals surface area contributed by atoms with E-state index in [-0.39, 0.29) is 18.3 Å². The molecule has 0 bridgehead atoms. The van der Waals surface area contributed by atoms with Gasteiger partial charge in [-0.2, -0.15) is 18.4 Å². The maximum atomic E-state index is 13.9. The van der Waals surface area contributed by atoms with Gasteiger partial charge in [0.25, 0.3) is 0 Å². The van der Waals surface area contributed by atoms with Crippen molar-refractivity contribution in [2.75, 3.05) is 17.2 Å². The summed E-state index contributed by atoms with van der Waals surface area (Å²) in [5.74, 6) is 0. The van der Waals surface area contributed by atoms with Crippen molar-refractivity contribution in [3.63, 3.8) is 0 Å². The lowest BCUT2D eigenvalue weighted by molar-refractivity contribution is -0.182. The summed E-state index contributed by atoms with van der Waals surface area (Å²) >= 11 is 6.72. The second-order valence-corrected chi connectivity index (χ2v) is 12.5. The van der Waals surface area contributed by atoms with Crippen LogP contribution in [0.15, 0.2) is 61.1 Å². The molecular formula is C31H28ClF3N8. The lowest BCUT2D eigenvalue weighted by atomic mass is 9.96. The Bertz CT molecular complexity index is 1880. The first-order valence-corrected chi connectivity index (χ1v) is 14.1. The highest BCUT2D eigenvalue weighted by atomic mass is 35.5. The van der Waals surface area contributed by atoms with Gasteiger partial charge in [0.1, 0.15) is 11.8 Å². The van der Waals surface area contributed by atoms with Crippen LogP contribution in [0.4, 0.5) is 24.5 Å². The minimum atomic E-state index is -4.44. The number of nitrogens with one attached hydrogen (secondary N) is 2. The Kier molecular flexibility index (Phi) is 6.92. The number of alkyl halides is 3. The standard InChI is InChI=1S/C31H28ClF3N8/c1-29(2,3)17-39-26-20(14-36)15-38-28-22(26)12-21(13-23(28)32)40-27(19-7-6-18-5-4-10-37-24(18)11-19)25-16-43(42-41-25)30(8-9-30)31(33,34)35/h4-7,10-13,15-16,27,40H,8-9,17H2,1-3H3,(H,38,39). The Morgan fingerprint density at radius 3 is 2.60 bits per heavy atom. The van der Waals surface area contributed by atoms with Gasteiger partial charge in [0.05, 0.1) is 39.5 Å². The normalized spacial score (nSPS) is 15.3. The zero-order valence-corrected chi connectivity index (χ0v) is 24.4. The number of pyridine rings is 2. The number of anilines is 2. The van der Waals surface area contributed by atoms with Crippen molar-refractivity contribution in [2.24, 2.45) is 5.41 Å². The third-order valence-corrected chi connectivity index (χ3v) is 7.90. The molecule has 0 aliphatic heterocycles. The Morgan fingerprint density at radius 2 is 1.91 bits per heavy atom. The van der Waals surface area contributed by atoms with E-state index in [1.54, 1.807) is 12.3 Å². The molecule has 1 fully saturated rings. The largest absolute Gasteiger partial charge is 0.413 e. The average Bonchev–Trinajstić information content (AvgIpc) is 3.65. The fourth-order valence-corrected chi connectivity index (χ4v) is 5.38. The molecule has 1 atom stereocenters. The molecule has 5 aromatic rings. The molecule has 3 heterocycles. The van der Waals surface area contributed by atoms with E-state index < -0.39 is 17.8 Å². The fourth-order valence-electron chi connectivity index (χ4n) is 5.11. The first-order valence-electron chi connectivity index (χ1n) is 13.8. The summed E-state index contributed by atoms with van der Waals surface area (Å²) in [6.07, 6.45) is -0.00716. The van der Waals surface area contributed by atoms with Crippen LogP contribution in [-0.4, -0.2) is 37.7 Å². The molecule has 0 radical (unpaired) electrons. The van der Waals surface area contributed by atoms with Crippen molar-refractivity contribution < 1.29 is 13.2 Å². The molecule has 1 aliphatic carbocycles. The van der Waals surface area contributed by atoms with Gasteiger partial charge in [-0.25, -0.2) is 4.68 Å². The smallest absolute Gasteiger partial charge is 0.383 e. The number of hydrogen-bond acceptors (Lipinski definition) is 7. The molecule has 8 nitrogen and oxygen atoms in total. The Hall–Kier alpha value is -4.43.